The summed E-state index contributed by atoms with van der Waals surface area (Å²) in [6.45, 7) is 2.05. The van der Waals surface area contributed by atoms with Crippen LogP contribution < -0.4 is 4.74 Å². The predicted octanol–water partition coefficient (Wildman–Crippen LogP) is 4.79. The molecule has 0 spiro atoms. The summed E-state index contributed by atoms with van der Waals surface area (Å²) in [5.74, 6) is 1.93. The van der Waals surface area contributed by atoms with E-state index < -0.39 is 0 Å². The van der Waals surface area contributed by atoms with Crippen LogP contribution in [0.2, 0.25) is 0 Å². The van der Waals surface area contributed by atoms with Gasteiger partial charge in [-0.15, -0.1) is 0 Å². The lowest BCUT2D eigenvalue weighted by Gasteiger charge is -2.10. The van der Waals surface area contributed by atoms with Crippen molar-refractivity contribution in [2.75, 3.05) is 0 Å². The largest absolute Gasteiger partial charge is 0.438 e. The normalized spacial score (nSPS) is 10.7. The highest BCUT2D eigenvalue weighted by Crippen LogP contribution is 2.29. The summed E-state index contributed by atoms with van der Waals surface area (Å²) in [5, 5.41) is 0.885. The van der Waals surface area contributed by atoms with Crippen molar-refractivity contribution >= 4 is 10.9 Å². The fourth-order valence-corrected chi connectivity index (χ4v) is 2.47. The Morgan fingerprint density at radius 2 is 1.54 bits per heavy atom. The lowest BCUT2D eigenvalue weighted by atomic mass is 10.2. The maximum atomic E-state index is 6.04. The van der Waals surface area contributed by atoms with Gasteiger partial charge in [0.2, 0.25) is 5.88 Å². The van der Waals surface area contributed by atoms with Crippen molar-refractivity contribution < 1.29 is 4.74 Å². The molecular formula is C20H15N3O. The topological polar surface area (TPSA) is 47.9 Å². The molecule has 0 aliphatic rings. The predicted molar refractivity (Wildman–Crippen MR) is 94.0 cm³/mol. The van der Waals surface area contributed by atoms with Crippen LogP contribution in [-0.2, 0) is 0 Å². The number of para-hydroxylation sites is 1. The average molecular weight is 313 g/mol. The summed E-state index contributed by atoms with van der Waals surface area (Å²) < 4.78 is 6.04. The maximum Gasteiger partial charge on any atom is 0.230 e. The van der Waals surface area contributed by atoms with Gasteiger partial charge in [0.05, 0.1) is 10.9 Å². The summed E-state index contributed by atoms with van der Waals surface area (Å²) in [4.78, 5) is 13.3. The number of hydrogen-bond acceptors (Lipinski definition) is 4. The van der Waals surface area contributed by atoms with Gasteiger partial charge in [0.1, 0.15) is 5.75 Å². The zero-order valence-corrected chi connectivity index (χ0v) is 13.2. The molecule has 0 unspecified atom stereocenters. The molecule has 0 saturated heterocycles. The molecule has 0 aliphatic carbocycles. The van der Waals surface area contributed by atoms with Crippen LogP contribution in [0.5, 0.6) is 11.6 Å². The highest BCUT2D eigenvalue weighted by atomic mass is 16.5. The number of ether oxygens (including phenoxy) is 1. The minimum absolute atomic E-state index is 0.552. The van der Waals surface area contributed by atoms with Crippen LogP contribution in [0.25, 0.3) is 22.3 Å². The smallest absolute Gasteiger partial charge is 0.230 e. The van der Waals surface area contributed by atoms with Gasteiger partial charge in [0.15, 0.2) is 5.82 Å². The zero-order valence-electron chi connectivity index (χ0n) is 13.2. The fraction of sp³-hybridized carbons (Fsp3) is 0.0500. The quantitative estimate of drug-likeness (QED) is 0.545. The van der Waals surface area contributed by atoms with Crippen molar-refractivity contribution in [2.24, 2.45) is 0 Å². The number of fused-ring (bicyclic) bond motifs is 1. The van der Waals surface area contributed by atoms with Crippen LogP contribution in [0.15, 0.2) is 73.1 Å². The first-order valence-corrected chi connectivity index (χ1v) is 7.71. The first-order valence-electron chi connectivity index (χ1n) is 7.71. The molecule has 0 amide bonds. The highest BCUT2D eigenvalue weighted by molar-refractivity contribution is 5.85. The van der Waals surface area contributed by atoms with Crippen molar-refractivity contribution in [2.45, 2.75) is 6.92 Å². The van der Waals surface area contributed by atoms with E-state index in [1.807, 2.05) is 67.6 Å². The van der Waals surface area contributed by atoms with Crippen LogP contribution in [0.1, 0.15) is 5.56 Å². The van der Waals surface area contributed by atoms with Gasteiger partial charge in [0.25, 0.3) is 0 Å². The molecule has 4 rings (SSSR count). The van der Waals surface area contributed by atoms with Crippen LogP contribution in [0, 0.1) is 6.92 Å². The number of benzene rings is 2. The number of pyridine rings is 1. The third kappa shape index (κ3) is 2.82. The molecular weight excluding hydrogens is 298 g/mol. The van der Waals surface area contributed by atoms with E-state index in [0.29, 0.717) is 11.7 Å². The monoisotopic (exact) mass is 313 g/mol. The standard InChI is InChI=1S/C20H15N3O/c1-14-6-8-16(9-7-14)24-20-17-4-2-3-5-18(17)22-19(23-20)15-10-12-21-13-11-15/h2-13H,1H3. The van der Waals surface area contributed by atoms with Crippen LogP contribution in [0.3, 0.4) is 0 Å². The Kier molecular flexibility index (Phi) is 3.63. The molecule has 0 radical (unpaired) electrons. The van der Waals surface area contributed by atoms with Crippen LogP contribution in [0.4, 0.5) is 0 Å². The third-order valence-corrected chi connectivity index (χ3v) is 3.74. The molecule has 2 heterocycles. The van der Waals surface area contributed by atoms with E-state index in [0.717, 1.165) is 22.2 Å². The molecule has 4 heteroatoms. The van der Waals surface area contributed by atoms with Gasteiger partial charge in [0, 0.05) is 18.0 Å². The Morgan fingerprint density at radius 1 is 0.792 bits per heavy atom. The molecule has 0 fully saturated rings. The van der Waals surface area contributed by atoms with Gasteiger partial charge < -0.3 is 4.74 Å². The first kappa shape index (κ1) is 14.3. The van der Waals surface area contributed by atoms with E-state index in [1.54, 1.807) is 12.4 Å². The van der Waals surface area contributed by atoms with Crippen molar-refractivity contribution in [3.05, 3.63) is 78.6 Å². The van der Waals surface area contributed by atoms with E-state index in [9.17, 15) is 0 Å². The first-order chi connectivity index (χ1) is 11.8. The second-order valence-corrected chi connectivity index (χ2v) is 5.52. The molecule has 0 saturated carbocycles. The van der Waals surface area contributed by atoms with Gasteiger partial charge >= 0.3 is 0 Å². The van der Waals surface area contributed by atoms with Crippen molar-refractivity contribution in [1.82, 2.24) is 15.0 Å². The van der Waals surface area contributed by atoms with Crippen LogP contribution >= 0.6 is 0 Å². The molecule has 0 bridgehead atoms. The van der Waals surface area contributed by atoms with E-state index >= 15 is 0 Å². The van der Waals surface area contributed by atoms with Gasteiger partial charge in [-0.3, -0.25) is 4.98 Å². The SMILES string of the molecule is Cc1ccc(Oc2nc(-c3ccncc3)nc3ccccc23)cc1. The van der Waals surface area contributed by atoms with Gasteiger partial charge in [-0.2, -0.15) is 4.98 Å². The molecule has 0 atom stereocenters. The second kappa shape index (κ2) is 6.08. The van der Waals surface area contributed by atoms with Crippen molar-refractivity contribution in [3.63, 3.8) is 0 Å². The fourth-order valence-electron chi connectivity index (χ4n) is 2.47. The number of aryl methyl sites for hydroxylation is 1. The minimum atomic E-state index is 0.552. The minimum Gasteiger partial charge on any atom is -0.438 e. The van der Waals surface area contributed by atoms with Crippen molar-refractivity contribution in [1.29, 1.82) is 0 Å². The number of rotatable bonds is 3. The summed E-state index contributed by atoms with van der Waals surface area (Å²) in [6.07, 6.45) is 3.46. The number of aromatic nitrogens is 3. The summed E-state index contributed by atoms with van der Waals surface area (Å²) in [5.41, 5.74) is 2.94. The summed E-state index contributed by atoms with van der Waals surface area (Å²) >= 11 is 0. The van der Waals surface area contributed by atoms with E-state index in [4.69, 9.17) is 4.74 Å². The molecule has 2 aromatic heterocycles. The number of hydrogen-bond donors (Lipinski definition) is 0. The lowest BCUT2D eigenvalue weighted by Crippen LogP contribution is -1.96. The molecule has 0 N–H and O–H groups in total. The van der Waals surface area contributed by atoms with E-state index in [-0.39, 0.29) is 0 Å². The summed E-state index contributed by atoms with van der Waals surface area (Å²) in [6, 6.07) is 19.5. The average Bonchev–Trinajstić information content (AvgIpc) is 2.64. The highest BCUT2D eigenvalue weighted by Gasteiger charge is 2.11. The molecule has 4 nitrogen and oxygen atoms in total. The Morgan fingerprint density at radius 3 is 2.33 bits per heavy atom. The van der Waals surface area contributed by atoms with E-state index in [2.05, 4.69) is 15.0 Å². The molecule has 0 aliphatic heterocycles. The molecule has 24 heavy (non-hydrogen) atoms. The number of nitrogens with zero attached hydrogens (tertiary/aromatic N) is 3. The third-order valence-electron chi connectivity index (χ3n) is 3.74. The van der Waals surface area contributed by atoms with Gasteiger partial charge in [-0.05, 0) is 43.3 Å². The van der Waals surface area contributed by atoms with E-state index in [1.165, 1.54) is 5.56 Å². The Balaban J connectivity index is 1.85. The Bertz CT molecular complexity index is 983. The second-order valence-electron chi connectivity index (χ2n) is 5.52. The lowest BCUT2D eigenvalue weighted by molar-refractivity contribution is 0.469. The van der Waals surface area contributed by atoms with Gasteiger partial charge in [-0.1, -0.05) is 29.8 Å². The van der Waals surface area contributed by atoms with Gasteiger partial charge in [-0.25, -0.2) is 4.98 Å². The Hall–Kier alpha value is -3.27. The zero-order chi connectivity index (χ0) is 16.4. The molecule has 116 valence electrons. The maximum absolute atomic E-state index is 6.04. The molecule has 4 aromatic rings. The van der Waals surface area contributed by atoms with Crippen LogP contribution in [-0.4, -0.2) is 15.0 Å². The summed E-state index contributed by atoms with van der Waals surface area (Å²) in [7, 11) is 0. The Labute approximate surface area is 139 Å². The van der Waals surface area contributed by atoms with Crippen molar-refractivity contribution in [3.8, 4) is 23.0 Å². The molecule has 2 aromatic carbocycles.